The van der Waals surface area contributed by atoms with Gasteiger partial charge in [-0.3, -0.25) is 0 Å². The summed E-state index contributed by atoms with van der Waals surface area (Å²) in [7, 11) is 0. The molecule has 0 saturated heterocycles. The van der Waals surface area contributed by atoms with Crippen molar-refractivity contribution in [2.75, 3.05) is 0 Å². The monoisotopic (exact) mass is 289 g/mol. The zero-order valence-corrected chi connectivity index (χ0v) is 14.1. The van der Waals surface area contributed by atoms with Gasteiger partial charge in [0, 0.05) is 9.79 Å². The first-order valence-electron chi connectivity index (χ1n) is 4.75. The molecule has 0 bridgehead atoms. The molecule has 1 radical (unpaired) electrons. The van der Waals surface area contributed by atoms with E-state index >= 15 is 0 Å². The first-order chi connectivity index (χ1) is 7.86. The maximum Gasteiger partial charge on any atom is 1.00 e. The summed E-state index contributed by atoms with van der Waals surface area (Å²) in [5.74, 6) is 0. The van der Waals surface area contributed by atoms with Gasteiger partial charge in [-0.2, -0.15) is 0 Å². The molecule has 0 atom stereocenters. The summed E-state index contributed by atoms with van der Waals surface area (Å²) < 4.78 is 0. The summed E-state index contributed by atoms with van der Waals surface area (Å²) in [4.78, 5) is 2.57. The maximum atomic E-state index is 7.00. The van der Waals surface area contributed by atoms with E-state index in [1.165, 1.54) is 9.79 Å². The number of hydrogen-bond donors (Lipinski definition) is 2. The molecule has 0 aromatic heterocycles. The quantitative estimate of drug-likeness (QED) is 0.670. The Morgan fingerprint density at radius 2 is 1.06 bits per heavy atom. The Morgan fingerprint density at radius 3 is 1.33 bits per heavy atom. The van der Waals surface area contributed by atoms with Gasteiger partial charge in [0.1, 0.15) is 0 Å². The van der Waals surface area contributed by atoms with E-state index in [0.29, 0.717) is 0 Å². The molecule has 18 heavy (non-hydrogen) atoms. The topological polar surface area (TPSA) is 72.0 Å². The minimum atomic E-state index is 0. The molecule has 0 aliphatic rings. The van der Waals surface area contributed by atoms with Crippen molar-refractivity contribution in [3.8, 4) is 0 Å². The molecule has 0 saturated carbocycles. The Morgan fingerprint density at radius 1 is 0.778 bits per heavy atom. The van der Waals surface area contributed by atoms with Crippen LogP contribution in [0.15, 0.2) is 70.5 Å². The first kappa shape index (κ1) is 20.7. The fourth-order valence-electron chi connectivity index (χ4n) is 1.11. The Hall–Kier alpha value is 0.371. The van der Waals surface area contributed by atoms with Gasteiger partial charge in [-0.15, -0.1) is 0 Å². The average Bonchev–Trinajstić information content (AvgIpc) is 2.33. The second-order valence-corrected chi connectivity index (χ2v) is 3.99. The smallest absolute Gasteiger partial charge is 1.00 e. The molecule has 6 heteroatoms. The Kier molecular flexibility index (Phi) is 15.9. The Balaban J connectivity index is -0.000000393. The van der Waals surface area contributed by atoms with Gasteiger partial charge < -0.3 is 17.0 Å². The summed E-state index contributed by atoms with van der Waals surface area (Å²) >= 11 is 1.79. The van der Waals surface area contributed by atoms with Gasteiger partial charge in [0.15, 0.2) is 0 Å². The predicted octanol–water partition coefficient (Wildman–Crippen LogP) is -1.37. The maximum absolute atomic E-state index is 7.00. The van der Waals surface area contributed by atoms with E-state index in [9.17, 15) is 0 Å². The second-order valence-electron chi connectivity index (χ2n) is 2.84. The van der Waals surface area contributed by atoms with Crippen LogP contribution in [-0.4, -0.2) is 23.2 Å². The van der Waals surface area contributed by atoms with Gasteiger partial charge in [-0.1, -0.05) is 48.2 Å². The van der Waals surface area contributed by atoms with Crippen LogP contribution in [-0.2, 0) is 0 Å². The van der Waals surface area contributed by atoms with Gasteiger partial charge in [0.05, 0.1) is 0 Å². The summed E-state index contributed by atoms with van der Waals surface area (Å²) in [6.07, 6.45) is 0. The van der Waals surface area contributed by atoms with Crippen LogP contribution in [0.2, 0.25) is 0 Å². The molecule has 0 amide bonds. The van der Waals surface area contributed by atoms with E-state index in [0.717, 1.165) is 0 Å². The molecule has 0 heterocycles. The summed E-state index contributed by atoms with van der Waals surface area (Å²) in [5.41, 5.74) is 0. The third-order valence-corrected chi connectivity index (χ3v) is 2.74. The molecule has 3 nitrogen and oxygen atoms in total. The molecule has 2 rings (SSSR count). The van der Waals surface area contributed by atoms with Crippen molar-refractivity contribution in [2.24, 2.45) is 0 Å². The summed E-state index contributed by atoms with van der Waals surface area (Å²) in [6, 6.07) is 20.8. The molecule has 91 valence electrons. The fraction of sp³-hybridized carbons (Fsp3) is 0. The Labute approximate surface area is 156 Å². The van der Waals surface area contributed by atoms with Gasteiger partial charge in [0.2, 0.25) is 0 Å². The zero-order chi connectivity index (χ0) is 11.6. The second kappa shape index (κ2) is 13.8. The van der Waals surface area contributed by atoms with E-state index in [1.54, 1.807) is 11.8 Å². The van der Waals surface area contributed by atoms with Crippen LogP contribution in [0.3, 0.4) is 0 Å². The molecule has 2 aromatic rings. The fourth-order valence-corrected chi connectivity index (χ4v) is 1.97. The van der Waals surface area contributed by atoms with Crippen LogP contribution in [0.5, 0.6) is 0 Å². The van der Waals surface area contributed by atoms with Gasteiger partial charge in [-0.05, 0) is 24.3 Å². The average molecular weight is 289 g/mol. The first-order valence-corrected chi connectivity index (χ1v) is 5.56. The standard InChI is InChI=1S/C12H10S.BH2O2.K.H2O.H/c1-3-7-11(8-4-1)13-12-9-5-2-6-10-12;2-1-3;;;/h1-10H;2-3H;;1H2;/q;;+1;;-1. The molecule has 0 aliphatic carbocycles. The third kappa shape index (κ3) is 9.32. The number of benzene rings is 2. The van der Waals surface area contributed by atoms with Gasteiger partial charge in [0.25, 0.3) is 0 Å². The van der Waals surface area contributed by atoms with Crippen molar-refractivity contribution < 1.29 is 68.3 Å². The van der Waals surface area contributed by atoms with Gasteiger partial charge >= 0.3 is 59.1 Å². The van der Waals surface area contributed by atoms with E-state index in [4.69, 9.17) is 10.0 Å². The van der Waals surface area contributed by atoms with Crippen LogP contribution in [0.1, 0.15) is 1.43 Å². The van der Waals surface area contributed by atoms with Crippen LogP contribution >= 0.6 is 11.8 Å². The van der Waals surface area contributed by atoms with E-state index in [1.807, 2.05) is 12.1 Å². The predicted molar refractivity (Wildman–Crippen MR) is 71.9 cm³/mol. The molecule has 0 fully saturated rings. The van der Waals surface area contributed by atoms with Crippen LogP contribution in [0.4, 0.5) is 0 Å². The number of hydrogen-bond acceptors (Lipinski definition) is 3. The van der Waals surface area contributed by atoms with Crippen LogP contribution in [0.25, 0.3) is 0 Å². The van der Waals surface area contributed by atoms with Gasteiger partial charge in [-0.25, -0.2) is 0 Å². The van der Waals surface area contributed by atoms with Crippen molar-refractivity contribution >= 4 is 19.4 Å². The van der Waals surface area contributed by atoms with Crippen molar-refractivity contribution in [1.29, 1.82) is 0 Å². The minimum absolute atomic E-state index is 0. The van der Waals surface area contributed by atoms with Crippen molar-refractivity contribution in [1.82, 2.24) is 0 Å². The van der Waals surface area contributed by atoms with E-state index in [2.05, 4.69) is 48.5 Å². The third-order valence-electron chi connectivity index (χ3n) is 1.72. The van der Waals surface area contributed by atoms with E-state index in [-0.39, 0.29) is 66.0 Å². The number of rotatable bonds is 2. The molecular formula is C12H15BKO3S. The zero-order valence-electron chi connectivity index (χ0n) is 11.2. The summed E-state index contributed by atoms with van der Waals surface area (Å²) in [6.45, 7) is 0. The largest absolute Gasteiger partial charge is 1.00 e. The van der Waals surface area contributed by atoms with Crippen molar-refractivity contribution in [3.05, 3.63) is 60.7 Å². The van der Waals surface area contributed by atoms with Crippen LogP contribution in [0, 0.1) is 0 Å². The molecule has 0 aliphatic heterocycles. The van der Waals surface area contributed by atoms with Crippen molar-refractivity contribution in [3.63, 3.8) is 0 Å². The normalized spacial score (nSPS) is 7.89. The van der Waals surface area contributed by atoms with Crippen LogP contribution < -0.4 is 51.4 Å². The molecule has 0 spiro atoms. The Bertz CT molecular complexity index is 357. The SMILES string of the molecule is O.O[B]O.[H-].[K+].c1ccc(Sc2ccccc2)cc1. The summed E-state index contributed by atoms with van der Waals surface area (Å²) in [5, 5.41) is 14.0. The minimum Gasteiger partial charge on any atom is -1.00 e. The van der Waals surface area contributed by atoms with E-state index < -0.39 is 0 Å². The molecule has 4 N–H and O–H groups in total. The molecule has 0 unspecified atom stereocenters. The van der Waals surface area contributed by atoms with Crippen molar-refractivity contribution in [2.45, 2.75) is 9.79 Å². The molecular weight excluding hydrogens is 274 g/mol. The molecule has 2 aromatic carbocycles.